The minimum Gasteiger partial charge on any atom is -0.492 e. The molecule has 142 valence electrons. The van der Waals surface area contributed by atoms with Crippen molar-refractivity contribution in [2.45, 2.75) is 19.9 Å². The number of aromatic nitrogens is 2. The molecule has 2 aromatic heterocycles. The molecule has 0 spiro atoms. The van der Waals surface area contributed by atoms with Crippen LogP contribution in [0.3, 0.4) is 0 Å². The van der Waals surface area contributed by atoms with E-state index in [0.29, 0.717) is 18.4 Å². The first-order chi connectivity index (χ1) is 13.3. The first-order valence-electron chi connectivity index (χ1n) is 9.34. The van der Waals surface area contributed by atoms with Crippen LogP contribution in [0, 0.1) is 0 Å². The van der Waals surface area contributed by atoms with Crippen molar-refractivity contribution in [3.05, 3.63) is 47.7 Å². The molecule has 1 aromatic carbocycles. The molecule has 1 fully saturated rings. The Morgan fingerprint density at radius 2 is 1.93 bits per heavy atom. The number of hydrogen-bond donors (Lipinski definition) is 0. The van der Waals surface area contributed by atoms with Crippen molar-refractivity contribution >= 4 is 17.0 Å². The molecule has 0 unspecified atom stereocenters. The van der Waals surface area contributed by atoms with Crippen LogP contribution < -0.4 is 9.64 Å². The summed E-state index contributed by atoms with van der Waals surface area (Å²) in [6.07, 6.45) is 0. The summed E-state index contributed by atoms with van der Waals surface area (Å²) in [6, 6.07) is 12.4. The Hall–Kier alpha value is -2.38. The van der Waals surface area contributed by atoms with Crippen molar-refractivity contribution in [1.82, 2.24) is 15.1 Å². The Morgan fingerprint density at radius 1 is 1.11 bits per heavy atom. The van der Waals surface area contributed by atoms with Crippen molar-refractivity contribution in [2.24, 2.45) is 0 Å². The molecule has 0 N–H and O–H groups in total. The zero-order valence-corrected chi connectivity index (χ0v) is 16.5. The summed E-state index contributed by atoms with van der Waals surface area (Å²) in [7, 11) is 0. The van der Waals surface area contributed by atoms with Gasteiger partial charge in [0.1, 0.15) is 5.75 Å². The Morgan fingerprint density at radius 3 is 2.67 bits per heavy atom. The quantitative estimate of drug-likeness (QED) is 0.638. The molecule has 1 aliphatic rings. The number of ether oxygens (including phenoxy) is 1. The monoisotopic (exact) mass is 384 g/mol. The van der Waals surface area contributed by atoms with Gasteiger partial charge in [-0.3, -0.25) is 4.90 Å². The maximum absolute atomic E-state index is 5.92. The maximum Gasteiger partial charge on any atom is 0.257 e. The molecule has 27 heavy (non-hydrogen) atoms. The molecule has 4 rings (SSSR count). The van der Waals surface area contributed by atoms with Gasteiger partial charge < -0.3 is 14.1 Å². The Kier molecular flexibility index (Phi) is 5.40. The summed E-state index contributed by atoms with van der Waals surface area (Å²) in [5, 5.41) is 10.5. The topological polar surface area (TPSA) is 54.6 Å². The highest BCUT2D eigenvalue weighted by atomic mass is 32.1. The van der Waals surface area contributed by atoms with Crippen molar-refractivity contribution in [2.75, 3.05) is 37.7 Å². The van der Waals surface area contributed by atoms with Gasteiger partial charge in [0.15, 0.2) is 0 Å². The van der Waals surface area contributed by atoms with Gasteiger partial charge >= 0.3 is 0 Å². The lowest BCUT2D eigenvalue weighted by Gasteiger charge is -2.38. The molecule has 1 saturated heterocycles. The minimum absolute atomic E-state index is 0.107. The van der Waals surface area contributed by atoms with Gasteiger partial charge in [-0.05, 0) is 37.4 Å². The Labute approximate surface area is 163 Å². The smallest absolute Gasteiger partial charge is 0.257 e. The molecule has 0 amide bonds. The zero-order valence-electron chi connectivity index (χ0n) is 15.7. The summed E-state index contributed by atoms with van der Waals surface area (Å²) in [5.74, 6) is 2.25. The number of hydrogen-bond acceptors (Lipinski definition) is 7. The number of nitrogens with zero attached hydrogens (tertiary/aromatic N) is 4. The fourth-order valence-corrected chi connectivity index (χ4v) is 4.05. The largest absolute Gasteiger partial charge is 0.492 e. The number of piperazine rings is 1. The third-order valence-electron chi connectivity index (χ3n) is 4.90. The Bertz CT molecular complexity index is 857. The SMILES string of the molecule is CCOc1ccccc1N1CCN([C@H](C)c2nnc(-c3cccs3)o2)CC1. The second-order valence-electron chi connectivity index (χ2n) is 6.52. The molecule has 3 aromatic rings. The molecule has 0 aliphatic carbocycles. The lowest BCUT2D eigenvalue weighted by Crippen LogP contribution is -2.47. The van der Waals surface area contributed by atoms with Crippen LogP contribution >= 0.6 is 11.3 Å². The van der Waals surface area contributed by atoms with Crippen LogP contribution in [0.5, 0.6) is 5.75 Å². The first-order valence-corrected chi connectivity index (χ1v) is 10.2. The van der Waals surface area contributed by atoms with Crippen LogP contribution in [0.15, 0.2) is 46.2 Å². The number of benzene rings is 1. The average molecular weight is 385 g/mol. The fraction of sp³-hybridized carbons (Fsp3) is 0.400. The molecule has 6 nitrogen and oxygen atoms in total. The molecule has 7 heteroatoms. The molecule has 3 heterocycles. The van der Waals surface area contributed by atoms with Crippen molar-refractivity contribution < 1.29 is 9.15 Å². The van der Waals surface area contributed by atoms with E-state index < -0.39 is 0 Å². The summed E-state index contributed by atoms with van der Waals surface area (Å²) >= 11 is 1.61. The van der Waals surface area contributed by atoms with Crippen LogP contribution in [0.25, 0.3) is 10.8 Å². The van der Waals surface area contributed by atoms with Crippen molar-refractivity contribution in [3.63, 3.8) is 0 Å². The van der Waals surface area contributed by atoms with Crippen LogP contribution in [-0.4, -0.2) is 47.9 Å². The lowest BCUT2D eigenvalue weighted by atomic mass is 10.2. The minimum atomic E-state index is 0.107. The molecular weight excluding hydrogens is 360 g/mol. The van der Waals surface area contributed by atoms with Gasteiger partial charge in [-0.25, -0.2) is 0 Å². The molecule has 1 aliphatic heterocycles. The number of rotatable bonds is 6. The van der Waals surface area contributed by atoms with Crippen molar-refractivity contribution in [1.29, 1.82) is 0 Å². The van der Waals surface area contributed by atoms with Crippen LogP contribution in [0.2, 0.25) is 0 Å². The number of anilines is 1. The van der Waals surface area contributed by atoms with Gasteiger partial charge in [-0.15, -0.1) is 21.5 Å². The van der Waals surface area contributed by atoms with Gasteiger partial charge in [0, 0.05) is 26.2 Å². The molecular formula is C20H24N4O2S. The standard InChI is InChI=1S/C20H24N4O2S/c1-3-25-17-8-5-4-7-16(17)24-12-10-23(11-13-24)15(2)19-21-22-20(26-19)18-9-6-14-27-18/h4-9,14-15H,3,10-13H2,1-2H3/t15-/m1/s1. The highest BCUT2D eigenvalue weighted by molar-refractivity contribution is 7.13. The first kappa shape index (κ1) is 18.0. The summed E-state index contributed by atoms with van der Waals surface area (Å²) in [4.78, 5) is 5.79. The highest BCUT2D eigenvalue weighted by Gasteiger charge is 2.27. The predicted octanol–water partition coefficient (Wildman–Crippen LogP) is 4.08. The van der Waals surface area contributed by atoms with E-state index in [0.717, 1.165) is 36.8 Å². The van der Waals surface area contributed by atoms with E-state index in [2.05, 4.69) is 39.1 Å². The third kappa shape index (κ3) is 3.84. The second kappa shape index (κ2) is 8.10. The summed E-state index contributed by atoms with van der Waals surface area (Å²) in [6.45, 7) is 8.61. The second-order valence-corrected chi connectivity index (χ2v) is 7.47. The van der Waals surface area contributed by atoms with Gasteiger partial charge in [0.05, 0.1) is 23.2 Å². The van der Waals surface area contributed by atoms with Gasteiger partial charge in [-0.1, -0.05) is 18.2 Å². The number of thiophene rings is 1. The third-order valence-corrected chi connectivity index (χ3v) is 5.76. The van der Waals surface area contributed by atoms with Gasteiger partial charge in [0.2, 0.25) is 5.89 Å². The van der Waals surface area contributed by atoms with Gasteiger partial charge in [-0.2, -0.15) is 0 Å². The van der Waals surface area contributed by atoms with Crippen LogP contribution in [0.4, 0.5) is 5.69 Å². The molecule has 0 radical (unpaired) electrons. The maximum atomic E-state index is 5.92. The van der Waals surface area contributed by atoms with E-state index in [1.54, 1.807) is 11.3 Å². The lowest BCUT2D eigenvalue weighted by molar-refractivity contribution is 0.173. The highest BCUT2D eigenvalue weighted by Crippen LogP contribution is 2.31. The van der Waals surface area contributed by atoms with E-state index in [4.69, 9.17) is 9.15 Å². The van der Waals surface area contributed by atoms with Gasteiger partial charge in [0.25, 0.3) is 5.89 Å². The zero-order chi connectivity index (χ0) is 18.6. The Balaban J connectivity index is 1.41. The average Bonchev–Trinajstić information content (AvgIpc) is 3.40. The van der Waals surface area contributed by atoms with Crippen molar-refractivity contribution in [3.8, 4) is 16.5 Å². The van der Waals surface area contributed by atoms with E-state index >= 15 is 0 Å². The van der Waals surface area contributed by atoms with E-state index in [1.165, 1.54) is 5.69 Å². The van der Waals surface area contributed by atoms with Crippen LogP contribution in [-0.2, 0) is 0 Å². The molecule has 1 atom stereocenters. The number of para-hydroxylation sites is 2. The molecule has 0 bridgehead atoms. The summed E-state index contributed by atoms with van der Waals surface area (Å²) < 4.78 is 11.7. The fourth-order valence-electron chi connectivity index (χ4n) is 3.41. The van der Waals surface area contributed by atoms with E-state index in [9.17, 15) is 0 Å². The summed E-state index contributed by atoms with van der Waals surface area (Å²) in [5.41, 5.74) is 1.17. The van der Waals surface area contributed by atoms with E-state index in [-0.39, 0.29) is 6.04 Å². The van der Waals surface area contributed by atoms with Crippen LogP contribution in [0.1, 0.15) is 25.8 Å². The van der Waals surface area contributed by atoms with E-state index in [1.807, 2.05) is 36.6 Å². The normalized spacial score (nSPS) is 16.4. The predicted molar refractivity (Wildman–Crippen MR) is 107 cm³/mol. The molecule has 0 saturated carbocycles.